The number of ketones is 1. The fourth-order valence-corrected chi connectivity index (χ4v) is 4.62. The summed E-state index contributed by atoms with van der Waals surface area (Å²) < 4.78 is 0. The zero-order valence-corrected chi connectivity index (χ0v) is 16.7. The van der Waals surface area contributed by atoms with Gasteiger partial charge >= 0.3 is 0 Å². The highest BCUT2D eigenvalue weighted by atomic mass is 32.1. The van der Waals surface area contributed by atoms with Crippen LogP contribution in [-0.2, 0) is 0 Å². The van der Waals surface area contributed by atoms with Gasteiger partial charge in [0.25, 0.3) is 11.8 Å². The number of hydrogen-bond acceptors (Lipinski definition) is 5. The number of rotatable bonds is 4. The fraction of sp³-hybridized carbons (Fsp3) is 0.190. The molecule has 1 aromatic carbocycles. The molecule has 3 aromatic rings. The molecule has 2 aromatic heterocycles. The Labute approximate surface area is 170 Å². The van der Waals surface area contributed by atoms with E-state index in [1.54, 1.807) is 40.1 Å². The first kappa shape index (κ1) is 18.6. The standard InChI is InChI=1S/C21H18N2O3S2/c24-19(17-7-3-13-27-17)15-5-1-2-6-16(15)20(25)22-9-11-23(12-10-22)21(26)18-8-4-14-28-18/h1-8,13-14H,9-12H2. The predicted molar refractivity (Wildman–Crippen MR) is 110 cm³/mol. The molecule has 1 aliphatic heterocycles. The normalized spacial score (nSPS) is 14.1. The molecule has 0 bridgehead atoms. The van der Waals surface area contributed by atoms with Crippen LogP contribution in [-0.4, -0.2) is 53.6 Å². The maximum atomic E-state index is 13.1. The van der Waals surface area contributed by atoms with Crippen molar-refractivity contribution < 1.29 is 14.4 Å². The molecule has 1 aliphatic rings. The van der Waals surface area contributed by atoms with Gasteiger partial charge in [-0.3, -0.25) is 14.4 Å². The van der Waals surface area contributed by atoms with Crippen molar-refractivity contribution in [3.63, 3.8) is 0 Å². The zero-order valence-electron chi connectivity index (χ0n) is 15.0. The molecule has 1 fully saturated rings. The smallest absolute Gasteiger partial charge is 0.264 e. The first-order valence-electron chi connectivity index (χ1n) is 8.94. The van der Waals surface area contributed by atoms with Crippen molar-refractivity contribution in [3.05, 3.63) is 80.2 Å². The number of amides is 2. The number of carbonyl (C=O) groups excluding carboxylic acids is 3. The quantitative estimate of drug-likeness (QED) is 0.617. The Hall–Kier alpha value is -2.77. The Morgan fingerprint density at radius 3 is 1.75 bits per heavy atom. The molecule has 2 amide bonds. The fourth-order valence-electron chi connectivity index (χ4n) is 3.25. The second kappa shape index (κ2) is 8.08. The summed E-state index contributed by atoms with van der Waals surface area (Å²) in [5, 5.41) is 3.73. The van der Waals surface area contributed by atoms with Gasteiger partial charge in [-0.25, -0.2) is 0 Å². The highest BCUT2D eigenvalue weighted by Gasteiger charge is 2.28. The number of hydrogen-bond donors (Lipinski definition) is 0. The van der Waals surface area contributed by atoms with Gasteiger partial charge in [-0.05, 0) is 29.0 Å². The molecule has 1 saturated heterocycles. The van der Waals surface area contributed by atoms with Crippen molar-refractivity contribution in [3.8, 4) is 0 Å². The molecule has 0 N–H and O–H groups in total. The van der Waals surface area contributed by atoms with E-state index < -0.39 is 0 Å². The number of nitrogens with zero attached hydrogens (tertiary/aromatic N) is 2. The van der Waals surface area contributed by atoms with Crippen molar-refractivity contribution >= 4 is 40.3 Å². The van der Waals surface area contributed by atoms with E-state index in [1.165, 1.54) is 22.7 Å². The third-order valence-corrected chi connectivity index (χ3v) is 6.46. The van der Waals surface area contributed by atoms with E-state index in [4.69, 9.17) is 0 Å². The Bertz CT molecular complexity index is 989. The summed E-state index contributed by atoms with van der Waals surface area (Å²) in [5.41, 5.74) is 0.839. The molecule has 28 heavy (non-hydrogen) atoms. The van der Waals surface area contributed by atoms with E-state index >= 15 is 0 Å². The Morgan fingerprint density at radius 1 is 0.643 bits per heavy atom. The van der Waals surface area contributed by atoms with Crippen LogP contribution < -0.4 is 0 Å². The maximum absolute atomic E-state index is 13.1. The molecule has 0 aliphatic carbocycles. The second-order valence-corrected chi connectivity index (χ2v) is 8.31. The summed E-state index contributed by atoms with van der Waals surface area (Å²) in [4.78, 5) is 43.2. The molecule has 4 rings (SSSR count). The SMILES string of the molecule is O=C(c1cccs1)c1ccccc1C(=O)N1CCN(C(=O)c2cccs2)CC1. The highest BCUT2D eigenvalue weighted by Crippen LogP contribution is 2.21. The summed E-state index contributed by atoms with van der Waals surface area (Å²) >= 11 is 2.79. The van der Waals surface area contributed by atoms with Gasteiger partial charge in [0.15, 0.2) is 0 Å². The van der Waals surface area contributed by atoms with Crippen molar-refractivity contribution in [2.45, 2.75) is 0 Å². The second-order valence-electron chi connectivity index (χ2n) is 6.41. The van der Waals surface area contributed by atoms with Crippen LogP contribution in [0.4, 0.5) is 0 Å². The van der Waals surface area contributed by atoms with E-state index in [0.717, 1.165) is 0 Å². The molecule has 142 valence electrons. The van der Waals surface area contributed by atoms with Crippen molar-refractivity contribution in [2.75, 3.05) is 26.2 Å². The van der Waals surface area contributed by atoms with Crippen LogP contribution in [0.5, 0.6) is 0 Å². The molecular formula is C21H18N2O3S2. The van der Waals surface area contributed by atoms with Crippen LogP contribution in [0.25, 0.3) is 0 Å². The van der Waals surface area contributed by atoms with E-state index in [2.05, 4.69) is 0 Å². The van der Waals surface area contributed by atoms with Crippen LogP contribution in [0.1, 0.15) is 35.3 Å². The Morgan fingerprint density at radius 2 is 1.18 bits per heavy atom. The zero-order chi connectivity index (χ0) is 19.5. The monoisotopic (exact) mass is 410 g/mol. The Kier molecular flexibility index (Phi) is 5.36. The molecule has 0 atom stereocenters. The Balaban J connectivity index is 1.48. The molecule has 5 nitrogen and oxygen atoms in total. The van der Waals surface area contributed by atoms with E-state index in [9.17, 15) is 14.4 Å². The van der Waals surface area contributed by atoms with E-state index in [1.807, 2.05) is 29.0 Å². The first-order chi connectivity index (χ1) is 13.6. The van der Waals surface area contributed by atoms with Crippen LogP contribution in [0.3, 0.4) is 0 Å². The van der Waals surface area contributed by atoms with Crippen LogP contribution in [0.2, 0.25) is 0 Å². The van der Waals surface area contributed by atoms with Crippen LogP contribution in [0.15, 0.2) is 59.3 Å². The van der Waals surface area contributed by atoms with Crippen molar-refractivity contribution in [2.24, 2.45) is 0 Å². The van der Waals surface area contributed by atoms with E-state index in [-0.39, 0.29) is 17.6 Å². The highest BCUT2D eigenvalue weighted by molar-refractivity contribution is 7.12. The number of thiophene rings is 2. The van der Waals surface area contributed by atoms with Gasteiger partial charge < -0.3 is 9.80 Å². The topological polar surface area (TPSA) is 57.7 Å². The van der Waals surface area contributed by atoms with Gasteiger partial charge in [-0.2, -0.15) is 0 Å². The number of carbonyl (C=O) groups is 3. The molecule has 7 heteroatoms. The van der Waals surface area contributed by atoms with Crippen LogP contribution in [0, 0.1) is 0 Å². The number of piperazine rings is 1. The minimum atomic E-state index is -0.163. The summed E-state index contributed by atoms with van der Waals surface area (Å²) in [7, 11) is 0. The third kappa shape index (κ3) is 3.63. The molecule has 0 radical (unpaired) electrons. The van der Waals surface area contributed by atoms with Gasteiger partial charge in [0.2, 0.25) is 5.78 Å². The summed E-state index contributed by atoms with van der Waals surface area (Å²) in [6.45, 7) is 1.89. The molecular weight excluding hydrogens is 392 g/mol. The molecule has 0 spiro atoms. The van der Waals surface area contributed by atoms with E-state index in [0.29, 0.717) is 47.1 Å². The summed E-state index contributed by atoms with van der Waals surface area (Å²) in [5.74, 6) is -0.287. The summed E-state index contributed by atoms with van der Waals surface area (Å²) in [6.07, 6.45) is 0. The lowest BCUT2D eigenvalue weighted by Gasteiger charge is -2.34. The largest absolute Gasteiger partial charge is 0.335 e. The van der Waals surface area contributed by atoms with Gasteiger partial charge in [0, 0.05) is 31.7 Å². The van der Waals surface area contributed by atoms with Gasteiger partial charge in [-0.1, -0.05) is 30.3 Å². The van der Waals surface area contributed by atoms with Crippen molar-refractivity contribution in [1.82, 2.24) is 9.80 Å². The lowest BCUT2D eigenvalue weighted by molar-refractivity contribution is 0.0537. The average molecular weight is 411 g/mol. The third-order valence-electron chi connectivity index (χ3n) is 4.73. The number of benzene rings is 1. The van der Waals surface area contributed by atoms with Crippen molar-refractivity contribution in [1.29, 1.82) is 0 Å². The van der Waals surface area contributed by atoms with Crippen LogP contribution >= 0.6 is 22.7 Å². The van der Waals surface area contributed by atoms with Gasteiger partial charge in [0.05, 0.1) is 15.3 Å². The maximum Gasteiger partial charge on any atom is 0.264 e. The van der Waals surface area contributed by atoms with Gasteiger partial charge in [0.1, 0.15) is 0 Å². The molecule has 0 unspecified atom stereocenters. The predicted octanol–water partition coefficient (Wildman–Crippen LogP) is 3.64. The minimum Gasteiger partial charge on any atom is -0.335 e. The first-order valence-corrected chi connectivity index (χ1v) is 10.7. The molecule has 0 saturated carbocycles. The average Bonchev–Trinajstić information content (AvgIpc) is 3.46. The lowest BCUT2D eigenvalue weighted by Crippen LogP contribution is -2.50. The minimum absolute atomic E-state index is 0.00960. The van der Waals surface area contributed by atoms with Gasteiger partial charge in [-0.15, -0.1) is 22.7 Å². The lowest BCUT2D eigenvalue weighted by atomic mass is 10.0. The summed E-state index contributed by atoms with van der Waals surface area (Å²) in [6, 6.07) is 14.2. The molecule has 3 heterocycles.